The summed E-state index contributed by atoms with van der Waals surface area (Å²) in [7, 11) is -3.13. The Kier molecular flexibility index (Phi) is 5.40. The number of fused-ring (bicyclic) bond motifs is 1. The van der Waals surface area contributed by atoms with Gasteiger partial charge in [0.15, 0.2) is 15.0 Å². The predicted octanol–water partition coefficient (Wildman–Crippen LogP) is 3.64. The average Bonchev–Trinajstić information content (AvgIpc) is 2.90. The van der Waals surface area contributed by atoms with Crippen LogP contribution >= 0.6 is 35.0 Å². The van der Waals surface area contributed by atoms with Gasteiger partial charge in [-0.05, 0) is 18.1 Å². The van der Waals surface area contributed by atoms with Crippen LogP contribution in [0.15, 0.2) is 23.2 Å². The number of hydrogen-bond acceptors (Lipinski definition) is 4. The second kappa shape index (κ2) is 7.10. The zero-order chi connectivity index (χ0) is 18.4. The molecule has 5 nitrogen and oxygen atoms in total. The smallest absolute Gasteiger partial charge is 0.248 e. The monoisotopic (exact) mass is 420 g/mol. The first-order valence-electron chi connectivity index (χ1n) is 7.90. The van der Waals surface area contributed by atoms with Crippen LogP contribution in [0.1, 0.15) is 20.3 Å². The van der Waals surface area contributed by atoms with Crippen molar-refractivity contribution in [3.63, 3.8) is 0 Å². The lowest BCUT2D eigenvalue weighted by Gasteiger charge is -2.26. The number of para-hydroxylation sites is 1. The van der Waals surface area contributed by atoms with Crippen molar-refractivity contribution >= 4 is 61.6 Å². The SMILES string of the molecule is CC(C)CC(=O)N=C1S[C@H]2CS(=O)(=O)C[C@H]2N1c1c(Cl)cccc1Cl. The molecule has 0 radical (unpaired) electrons. The second-order valence-electron chi connectivity index (χ2n) is 6.63. The van der Waals surface area contributed by atoms with E-state index in [-0.39, 0.29) is 34.6 Å². The van der Waals surface area contributed by atoms with Crippen molar-refractivity contribution in [2.45, 2.75) is 31.6 Å². The molecule has 0 N–H and O–H groups in total. The van der Waals surface area contributed by atoms with Crippen molar-refractivity contribution < 1.29 is 13.2 Å². The standard InChI is InChI=1S/C16H18Cl2N2O3S2/c1-9(2)6-14(21)19-16-20(15-10(17)4-3-5-11(15)18)12-7-25(22,23)8-13(12)24-16/h3-5,9,12-13H,6-8H2,1-2H3/t12-,13+/m1/s1. The normalized spacial score (nSPS) is 26.4. The average molecular weight is 421 g/mol. The summed E-state index contributed by atoms with van der Waals surface area (Å²) in [4.78, 5) is 18.2. The minimum atomic E-state index is -3.13. The second-order valence-corrected chi connectivity index (χ2v) is 10.8. The van der Waals surface area contributed by atoms with Crippen molar-refractivity contribution in [1.82, 2.24) is 0 Å². The van der Waals surface area contributed by atoms with Gasteiger partial charge in [-0.2, -0.15) is 4.99 Å². The van der Waals surface area contributed by atoms with E-state index in [2.05, 4.69) is 4.99 Å². The Morgan fingerprint density at radius 2 is 1.96 bits per heavy atom. The largest absolute Gasteiger partial charge is 0.313 e. The van der Waals surface area contributed by atoms with E-state index in [1.54, 1.807) is 23.1 Å². The fourth-order valence-electron chi connectivity index (χ4n) is 3.05. The molecule has 0 unspecified atom stereocenters. The predicted molar refractivity (Wildman–Crippen MR) is 105 cm³/mol. The molecule has 136 valence electrons. The van der Waals surface area contributed by atoms with E-state index in [4.69, 9.17) is 23.2 Å². The molecular weight excluding hydrogens is 403 g/mol. The van der Waals surface area contributed by atoms with Gasteiger partial charge >= 0.3 is 0 Å². The Morgan fingerprint density at radius 3 is 2.56 bits per heavy atom. The quantitative estimate of drug-likeness (QED) is 0.746. The first-order valence-corrected chi connectivity index (χ1v) is 11.4. The van der Waals surface area contributed by atoms with Crippen LogP contribution < -0.4 is 4.90 Å². The van der Waals surface area contributed by atoms with Gasteiger partial charge in [0.2, 0.25) is 5.91 Å². The zero-order valence-corrected chi connectivity index (χ0v) is 16.9. The lowest BCUT2D eigenvalue weighted by Crippen LogP contribution is -2.38. The highest BCUT2D eigenvalue weighted by molar-refractivity contribution is 8.16. The minimum Gasteiger partial charge on any atom is -0.313 e. The van der Waals surface area contributed by atoms with E-state index in [0.717, 1.165) is 0 Å². The number of carbonyl (C=O) groups excluding carboxylic acids is 1. The maximum Gasteiger partial charge on any atom is 0.248 e. The van der Waals surface area contributed by atoms with E-state index in [1.807, 2.05) is 13.8 Å². The molecule has 1 aromatic rings. The summed E-state index contributed by atoms with van der Waals surface area (Å²) < 4.78 is 24.1. The maximum absolute atomic E-state index is 12.2. The Morgan fingerprint density at radius 1 is 1.32 bits per heavy atom. The summed E-state index contributed by atoms with van der Waals surface area (Å²) in [6.07, 6.45) is 0.335. The number of anilines is 1. The molecular formula is C16H18Cl2N2O3S2. The summed E-state index contributed by atoms with van der Waals surface area (Å²) >= 11 is 14.0. The molecule has 2 heterocycles. The highest BCUT2D eigenvalue weighted by Gasteiger charge is 2.50. The lowest BCUT2D eigenvalue weighted by atomic mass is 10.1. The van der Waals surface area contributed by atoms with Crippen LogP contribution in [0.25, 0.3) is 0 Å². The van der Waals surface area contributed by atoms with E-state index in [0.29, 0.717) is 27.3 Å². The summed E-state index contributed by atoms with van der Waals surface area (Å²) in [5.74, 6) is 0.0380. The highest BCUT2D eigenvalue weighted by Crippen LogP contribution is 2.45. The number of aliphatic imine (C=N–C) groups is 1. The van der Waals surface area contributed by atoms with Crippen molar-refractivity contribution in [2.75, 3.05) is 16.4 Å². The number of sulfone groups is 1. The van der Waals surface area contributed by atoms with Gasteiger partial charge in [0.1, 0.15) is 0 Å². The van der Waals surface area contributed by atoms with Gasteiger partial charge in [-0.25, -0.2) is 8.42 Å². The van der Waals surface area contributed by atoms with E-state index < -0.39 is 9.84 Å². The fraction of sp³-hybridized carbons (Fsp3) is 0.500. The third-order valence-corrected chi connectivity index (χ3v) is 7.87. The molecule has 2 atom stereocenters. The first-order chi connectivity index (χ1) is 11.7. The van der Waals surface area contributed by atoms with Gasteiger partial charge < -0.3 is 4.90 Å². The molecule has 3 rings (SSSR count). The molecule has 0 saturated carbocycles. The number of carbonyl (C=O) groups is 1. The summed E-state index contributed by atoms with van der Waals surface area (Å²) in [6, 6.07) is 4.79. The number of amides is 1. The number of benzene rings is 1. The molecule has 2 fully saturated rings. The molecule has 2 saturated heterocycles. The summed E-state index contributed by atoms with van der Waals surface area (Å²) in [5, 5.41) is 1.11. The molecule has 0 aliphatic carbocycles. The topological polar surface area (TPSA) is 66.8 Å². The Bertz CT molecular complexity index is 820. The maximum atomic E-state index is 12.2. The van der Waals surface area contributed by atoms with Gasteiger partial charge in [-0.3, -0.25) is 4.79 Å². The van der Waals surface area contributed by atoms with Crippen LogP contribution in [0.2, 0.25) is 10.0 Å². The Hall–Kier alpha value is -0.760. The van der Waals surface area contributed by atoms with Crippen LogP contribution in [0.3, 0.4) is 0 Å². The summed E-state index contributed by atoms with van der Waals surface area (Å²) in [6.45, 7) is 3.90. The number of halogens is 2. The van der Waals surface area contributed by atoms with Crippen molar-refractivity contribution in [3.05, 3.63) is 28.2 Å². The van der Waals surface area contributed by atoms with E-state index >= 15 is 0 Å². The molecule has 1 aromatic carbocycles. The van der Waals surface area contributed by atoms with E-state index in [9.17, 15) is 13.2 Å². The number of amidine groups is 1. The van der Waals surface area contributed by atoms with Crippen LogP contribution in [0.4, 0.5) is 5.69 Å². The molecule has 0 bridgehead atoms. The molecule has 2 aliphatic rings. The molecule has 0 aromatic heterocycles. The Labute approximate surface area is 161 Å². The van der Waals surface area contributed by atoms with Crippen molar-refractivity contribution in [2.24, 2.45) is 10.9 Å². The third kappa shape index (κ3) is 3.99. The lowest BCUT2D eigenvalue weighted by molar-refractivity contribution is -0.118. The van der Waals surface area contributed by atoms with Crippen LogP contribution in [-0.4, -0.2) is 42.3 Å². The molecule has 25 heavy (non-hydrogen) atoms. The van der Waals surface area contributed by atoms with Crippen molar-refractivity contribution in [3.8, 4) is 0 Å². The number of thioether (sulfide) groups is 1. The molecule has 2 aliphatic heterocycles. The van der Waals surface area contributed by atoms with Gasteiger partial charge in [-0.15, -0.1) is 0 Å². The van der Waals surface area contributed by atoms with Crippen molar-refractivity contribution in [1.29, 1.82) is 0 Å². The molecule has 9 heteroatoms. The summed E-state index contributed by atoms with van der Waals surface area (Å²) in [5.41, 5.74) is 0.513. The minimum absolute atomic E-state index is 0.00358. The first kappa shape index (κ1) is 19.0. The number of nitrogens with zero attached hydrogens (tertiary/aromatic N) is 2. The highest BCUT2D eigenvalue weighted by atomic mass is 35.5. The zero-order valence-electron chi connectivity index (χ0n) is 13.8. The van der Waals surface area contributed by atoms with Gasteiger partial charge in [0.25, 0.3) is 0 Å². The van der Waals surface area contributed by atoms with Crippen LogP contribution in [0, 0.1) is 5.92 Å². The van der Waals surface area contributed by atoms with E-state index in [1.165, 1.54) is 11.8 Å². The Balaban J connectivity index is 2.04. The fourth-order valence-corrected chi connectivity index (χ4v) is 7.54. The van der Waals surface area contributed by atoms with Gasteiger partial charge in [-0.1, -0.05) is 54.9 Å². The number of hydrogen-bond donors (Lipinski definition) is 0. The molecule has 1 amide bonds. The van der Waals surface area contributed by atoms with Gasteiger partial charge in [0.05, 0.1) is 33.3 Å². The third-order valence-electron chi connectivity index (χ3n) is 4.05. The number of rotatable bonds is 3. The van der Waals surface area contributed by atoms with Crippen LogP contribution in [-0.2, 0) is 14.6 Å². The van der Waals surface area contributed by atoms with Crippen LogP contribution in [0.5, 0.6) is 0 Å². The van der Waals surface area contributed by atoms with Gasteiger partial charge in [0, 0.05) is 11.7 Å². The molecule has 0 spiro atoms.